The van der Waals surface area contributed by atoms with Gasteiger partial charge in [-0.25, -0.2) is 4.99 Å². The van der Waals surface area contributed by atoms with Crippen LogP contribution in [0.25, 0.3) is 0 Å². The minimum atomic E-state index is -1.49. The van der Waals surface area contributed by atoms with Gasteiger partial charge in [0.2, 0.25) is 6.23 Å². The molecule has 0 aromatic heterocycles. The summed E-state index contributed by atoms with van der Waals surface area (Å²) >= 11 is 0. The fourth-order valence-corrected chi connectivity index (χ4v) is 4.52. The van der Waals surface area contributed by atoms with Crippen molar-refractivity contribution >= 4 is 11.7 Å². The quantitative estimate of drug-likeness (QED) is 0.688. The maximum absolute atomic E-state index is 13.3. The van der Waals surface area contributed by atoms with E-state index >= 15 is 0 Å². The molecule has 2 aromatic rings. The van der Waals surface area contributed by atoms with Gasteiger partial charge in [-0.15, -0.1) is 0 Å². The monoisotopic (exact) mass is 420 g/mol. The molecule has 0 bridgehead atoms. The molecule has 1 fully saturated rings. The Kier molecular flexibility index (Phi) is 5.80. The molecule has 4 N–H and O–H groups in total. The molecule has 2 atom stereocenters. The van der Waals surface area contributed by atoms with Crippen LogP contribution in [0.5, 0.6) is 0 Å². The van der Waals surface area contributed by atoms with Crippen molar-refractivity contribution in [1.29, 1.82) is 0 Å². The lowest BCUT2D eigenvalue weighted by molar-refractivity contribution is -0.134. The number of piperazine rings is 1. The van der Waals surface area contributed by atoms with E-state index in [0.29, 0.717) is 12.4 Å². The molecule has 162 valence electrons. The standard InChI is InChI=1S/C24H28N4O3/c1-15(2)27-14-18(28-19(13-25)26-23(30)22(29)21(28)24(27)31)20(16-9-5-3-6-10-16)17-11-7-4-8-12-17/h3-12,15,18,20,23,29-30H,13-14,25H2,1-2H3/t18-,23?/m1/s1. The Hall–Kier alpha value is -3.16. The molecular formula is C24H28N4O3. The number of aliphatic hydroxyl groups is 2. The Labute approximate surface area is 182 Å². The van der Waals surface area contributed by atoms with Gasteiger partial charge >= 0.3 is 0 Å². The van der Waals surface area contributed by atoms with Crippen LogP contribution in [-0.4, -0.2) is 63.2 Å². The van der Waals surface area contributed by atoms with E-state index in [2.05, 4.69) is 29.3 Å². The number of carbonyl (C=O) groups is 1. The number of fused-ring (bicyclic) bond motifs is 1. The number of nitrogens with zero attached hydrogens (tertiary/aromatic N) is 3. The number of aliphatic hydroxyl groups excluding tert-OH is 2. The molecule has 2 heterocycles. The number of carbonyl (C=O) groups excluding carboxylic acids is 1. The van der Waals surface area contributed by atoms with E-state index in [-0.39, 0.29) is 36.2 Å². The summed E-state index contributed by atoms with van der Waals surface area (Å²) in [6, 6.07) is 19.8. The van der Waals surface area contributed by atoms with Crippen LogP contribution in [0.1, 0.15) is 30.9 Å². The first kappa shape index (κ1) is 21.1. The van der Waals surface area contributed by atoms with Gasteiger partial charge in [-0.2, -0.15) is 0 Å². The van der Waals surface area contributed by atoms with Crippen LogP contribution < -0.4 is 5.73 Å². The maximum atomic E-state index is 13.3. The van der Waals surface area contributed by atoms with Crippen molar-refractivity contribution in [3.05, 3.63) is 83.2 Å². The fraction of sp³-hybridized carbons (Fsp3) is 0.333. The number of aliphatic imine (C=N–C) groups is 1. The van der Waals surface area contributed by atoms with Gasteiger partial charge in [0.15, 0.2) is 11.5 Å². The minimum Gasteiger partial charge on any atom is -0.506 e. The summed E-state index contributed by atoms with van der Waals surface area (Å²) in [4.78, 5) is 21.0. The Morgan fingerprint density at radius 2 is 1.61 bits per heavy atom. The molecule has 0 saturated carbocycles. The SMILES string of the molecule is CC(C)N1C[C@H](C(c2ccccc2)c2ccccc2)N2C(CN)=NC(O)C(O)=C2C1=O. The molecule has 0 radical (unpaired) electrons. The van der Waals surface area contributed by atoms with Crippen LogP contribution in [0.2, 0.25) is 0 Å². The highest BCUT2D eigenvalue weighted by Crippen LogP contribution is 2.38. The van der Waals surface area contributed by atoms with Crippen LogP contribution >= 0.6 is 0 Å². The van der Waals surface area contributed by atoms with Gasteiger partial charge in [0.05, 0.1) is 12.6 Å². The van der Waals surface area contributed by atoms with Gasteiger partial charge in [-0.3, -0.25) is 4.79 Å². The Bertz CT molecular complexity index is 964. The van der Waals surface area contributed by atoms with E-state index in [1.165, 1.54) is 0 Å². The van der Waals surface area contributed by atoms with E-state index in [1.54, 1.807) is 9.80 Å². The Morgan fingerprint density at radius 3 is 2.10 bits per heavy atom. The summed E-state index contributed by atoms with van der Waals surface area (Å²) in [6.07, 6.45) is -1.49. The zero-order valence-corrected chi connectivity index (χ0v) is 17.7. The van der Waals surface area contributed by atoms with Crippen molar-refractivity contribution in [2.75, 3.05) is 13.1 Å². The highest BCUT2D eigenvalue weighted by Gasteiger charge is 2.47. The minimum absolute atomic E-state index is 0.0373. The van der Waals surface area contributed by atoms with E-state index in [4.69, 9.17) is 5.73 Å². The molecule has 1 amide bonds. The molecule has 7 heteroatoms. The second-order valence-electron chi connectivity index (χ2n) is 8.14. The Morgan fingerprint density at radius 1 is 1.06 bits per heavy atom. The fourth-order valence-electron chi connectivity index (χ4n) is 4.52. The number of hydrogen-bond donors (Lipinski definition) is 3. The molecule has 2 aliphatic heterocycles. The van der Waals surface area contributed by atoms with E-state index in [0.717, 1.165) is 11.1 Å². The summed E-state index contributed by atoms with van der Waals surface area (Å²) in [5, 5.41) is 21.0. The third-order valence-electron chi connectivity index (χ3n) is 5.96. The second-order valence-corrected chi connectivity index (χ2v) is 8.14. The first-order chi connectivity index (χ1) is 14.9. The largest absolute Gasteiger partial charge is 0.506 e. The van der Waals surface area contributed by atoms with Crippen LogP contribution in [0, 0.1) is 0 Å². The van der Waals surface area contributed by atoms with Gasteiger partial charge < -0.3 is 25.7 Å². The Balaban J connectivity index is 1.92. The van der Waals surface area contributed by atoms with E-state index in [1.807, 2.05) is 50.2 Å². The first-order valence-corrected chi connectivity index (χ1v) is 10.5. The van der Waals surface area contributed by atoms with E-state index in [9.17, 15) is 15.0 Å². The maximum Gasteiger partial charge on any atom is 0.274 e. The van der Waals surface area contributed by atoms with Crippen molar-refractivity contribution in [2.45, 2.75) is 38.1 Å². The van der Waals surface area contributed by atoms with Crippen molar-refractivity contribution in [3.63, 3.8) is 0 Å². The molecule has 2 aromatic carbocycles. The highest BCUT2D eigenvalue weighted by atomic mass is 16.3. The second kappa shape index (κ2) is 8.53. The van der Waals surface area contributed by atoms with Gasteiger partial charge in [0, 0.05) is 18.5 Å². The number of nitrogens with two attached hydrogens (primary N) is 1. The number of amidine groups is 1. The van der Waals surface area contributed by atoms with Gasteiger partial charge in [0.25, 0.3) is 5.91 Å². The lowest BCUT2D eigenvalue weighted by Crippen LogP contribution is -2.62. The van der Waals surface area contributed by atoms with Crippen molar-refractivity contribution < 1.29 is 15.0 Å². The number of rotatable bonds is 5. The van der Waals surface area contributed by atoms with Crippen molar-refractivity contribution in [1.82, 2.24) is 9.80 Å². The highest BCUT2D eigenvalue weighted by molar-refractivity contribution is 6.02. The lowest BCUT2D eigenvalue weighted by atomic mass is 9.82. The van der Waals surface area contributed by atoms with Crippen molar-refractivity contribution in [2.24, 2.45) is 10.7 Å². The molecule has 0 spiro atoms. The van der Waals surface area contributed by atoms with Crippen LogP contribution in [-0.2, 0) is 4.79 Å². The number of amides is 1. The molecule has 7 nitrogen and oxygen atoms in total. The van der Waals surface area contributed by atoms with Gasteiger partial charge in [0.1, 0.15) is 5.84 Å². The smallest absolute Gasteiger partial charge is 0.274 e. The molecule has 31 heavy (non-hydrogen) atoms. The third-order valence-corrected chi connectivity index (χ3v) is 5.96. The molecule has 1 unspecified atom stereocenters. The molecule has 0 aliphatic carbocycles. The van der Waals surface area contributed by atoms with Crippen LogP contribution in [0.15, 0.2) is 77.1 Å². The topological polar surface area (TPSA) is 102 Å². The van der Waals surface area contributed by atoms with Crippen molar-refractivity contribution in [3.8, 4) is 0 Å². The third kappa shape index (κ3) is 3.71. The summed E-state index contributed by atoms with van der Waals surface area (Å²) in [5.41, 5.74) is 8.21. The average Bonchev–Trinajstić information content (AvgIpc) is 2.78. The zero-order valence-electron chi connectivity index (χ0n) is 17.7. The zero-order chi connectivity index (χ0) is 22.1. The van der Waals surface area contributed by atoms with E-state index < -0.39 is 12.0 Å². The van der Waals surface area contributed by atoms with Gasteiger partial charge in [-0.1, -0.05) is 60.7 Å². The van der Waals surface area contributed by atoms with Crippen LogP contribution in [0.3, 0.4) is 0 Å². The lowest BCUT2D eigenvalue weighted by Gasteiger charge is -2.49. The molecule has 4 rings (SSSR count). The predicted molar refractivity (Wildman–Crippen MR) is 119 cm³/mol. The normalized spacial score (nSPS) is 21.6. The summed E-state index contributed by atoms with van der Waals surface area (Å²) < 4.78 is 0. The summed E-state index contributed by atoms with van der Waals surface area (Å²) in [6.45, 7) is 4.35. The first-order valence-electron chi connectivity index (χ1n) is 10.5. The molecule has 2 aliphatic rings. The molecule has 1 saturated heterocycles. The van der Waals surface area contributed by atoms with Gasteiger partial charge in [-0.05, 0) is 25.0 Å². The summed E-state index contributed by atoms with van der Waals surface area (Å²) in [5.74, 6) is -0.494. The molecular weight excluding hydrogens is 392 g/mol. The average molecular weight is 421 g/mol. The van der Waals surface area contributed by atoms with Crippen LogP contribution in [0.4, 0.5) is 0 Å². The predicted octanol–water partition coefficient (Wildman–Crippen LogP) is 2.20. The number of hydrogen-bond acceptors (Lipinski definition) is 6. The number of benzene rings is 2. The summed E-state index contributed by atoms with van der Waals surface area (Å²) in [7, 11) is 0.